The first kappa shape index (κ1) is 32.1. The molecule has 1 atom stereocenters. The van der Waals surface area contributed by atoms with Gasteiger partial charge >= 0.3 is 0 Å². The maximum Gasteiger partial charge on any atom is 0.264 e. The predicted octanol–water partition coefficient (Wildman–Crippen LogP) is 3.31. The van der Waals surface area contributed by atoms with Gasteiger partial charge in [0.15, 0.2) is 0 Å². The smallest absolute Gasteiger partial charge is 0.264 e. The summed E-state index contributed by atoms with van der Waals surface area (Å²) in [5.41, 5.74) is 2.95. The number of methoxy groups -OCH3 is 1. The van der Waals surface area contributed by atoms with Crippen molar-refractivity contribution in [3.05, 3.63) is 70.0 Å². The van der Waals surface area contributed by atoms with E-state index in [2.05, 4.69) is 16.0 Å². The Morgan fingerprint density at radius 1 is 1.00 bits per heavy atom. The predicted molar refractivity (Wildman–Crippen MR) is 170 cm³/mol. The van der Waals surface area contributed by atoms with E-state index in [1.54, 1.807) is 13.2 Å². The molecule has 1 spiro atoms. The van der Waals surface area contributed by atoms with Crippen molar-refractivity contribution >= 4 is 46.7 Å². The SMILES string of the molecule is COC1CCC2(CC1)NC(=O)C(c1cc(C)ccc1C)=C2OCCCC(=O)Nc1cccc2c1C(=O)N(C1CCC(=O)NC1=O)C2=O. The molecule has 3 N–H and O–H groups in total. The van der Waals surface area contributed by atoms with Crippen LogP contribution in [0, 0.1) is 13.8 Å². The summed E-state index contributed by atoms with van der Waals surface area (Å²) >= 11 is 0. The lowest BCUT2D eigenvalue weighted by Gasteiger charge is -2.38. The molecule has 1 unspecified atom stereocenters. The minimum absolute atomic E-state index is 0.0114. The Bertz CT molecular complexity index is 1720. The van der Waals surface area contributed by atoms with E-state index in [9.17, 15) is 28.8 Å². The van der Waals surface area contributed by atoms with Gasteiger partial charge in [-0.1, -0.05) is 29.8 Å². The normalized spacial score (nSPS) is 24.1. The summed E-state index contributed by atoms with van der Waals surface area (Å²) < 4.78 is 12.0. The standard InChI is InChI=1S/C35H38N4O8/c1-19-9-10-20(2)23(18-19)29-30(35(38-32(29)43)15-13-21(46-3)14-16-35)47-17-5-8-26(40)36-24-7-4-6-22-28(24)34(45)39(33(22)44)25-11-12-27(41)37-31(25)42/h4,6-7,9-10,18,21,25H,5,8,11-17H2,1-3H3,(H,36,40)(H,38,43)(H,37,41,42). The molecule has 3 aliphatic heterocycles. The van der Waals surface area contributed by atoms with Crippen molar-refractivity contribution in [1.82, 2.24) is 15.5 Å². The number of fused-ring (bicyclic) bond motifs is 1. The molecule has 2 fully saturated rings. The van der Waals surface area contributed by atoms with Crippen LogP contribution in [0.1, 0.15) is 88.8 Å². The third kappa shape index (κ3) is 5.93. The largest absolute Gasteiger partial charge is 0.495 e. The van der Waals surface area contributed by atoms with Crippen molar-refractivity contribution in [2.45, 2.75) is 82.9 Å². The average Bonchev–Trinajstić information content (AvgIpc) is 3.45. The molecule has 6 amide bonds. The highest BCUT2D eigenvalue weighted by atomic mass is 16.5. The second-order valence-corrected chi connectivity index (χ2v) is 12.7. The van der Waals surface area contributed by atoms with Crippen molar-refractivity contribution in [2.24, 2.45) is 0 Å². The van der Waals surface area contributed by atoms with Crippen LogP contribution in [0.5, 0.6) is 0 Å². The zero-order chi connectivity index (χ0) is 33.5. The number of amides is 6. The highest BCUT2D eigenvalue weighted by Crippen LogP contribution is 2.44. The molecule has 0 bridgehead atoms. The molecule has 12 heteroatoms. The van der Waals surface area contributed by atoms with Gasteiger partial charge in [0, 0.05) is 20.0 Å². The average molecular weight is 643 g/mol. The van der Waals surface area contributed by atoms with E-state index in [0.717, 1.165) is 34.4 Å². The quantitative estimate of drug-likeness (QED) is 0.278. The number of rotatable bonds is 9. The molecular weight excluding hydrogens is 604 g/mol. The van der Waals surface area contributed by atoms with Gasteiger partial charge < -0.3 is 20.1 Å². The van der Waals surface area contributed by atoms with Gasteiger partial charge in [0.25, 0.3) is 17.7 Å². The van der Waals surface area contributed by atoms with Gasteiger partial charge in [-0.25, -0.2) is 0 Å². The van der Waals surface area contributed by atoms with Crippen LogP contribution < -0.4 is 16.0 Å². The molecular formula is C35H38N4O8. The second-order valence-electron chi connectivity index (χ2n) is 12.7. The van der Waals surface area contributed by atoms with Crippen molar-refractivity contribution in [2.75, 3.05) is 19.0 Å². The molecule has 1 aliphatic carbocycles. The fraction of sp³-hybridized carbons (Fsp3) is 0.429. The van der Waals surface area contributed by atoms with Gasteiger partial charge in [-0.3, -0.25) is 39.0 Å². The monoisotopic (exact) mass is 642 g/mol. The van der Waals surface area contributed by atoms with E-state index in [1.165, 1.54) is 12.1 Å². The molecule has 4 aliphatic rings. The van der Waals surface area contributed by atoms with E-state index in [-0.39, 0.29) is 60.6 Å². The third-order valence-electron chi connectivity index (χ3n) is 9.56. The molecule has 0 radical (unpaired) electrons. The first-order valence-electron chi connectivity index (χ1n) is 16.0. The molecule has 12 nitrogen and oxygen atoms in total. The van der Waals surface area contributed by atoms with Crippen molar-refractivity contribution < 1.29 is 38.2 Å². The van der Waals surface area contributed by atoms with Gasteiger partial charge in [0.1, 0.15) is 11.8 Å². The third-order valence-corrected chi connectivity index (χ3v) is 9.56. The molecule has 2 aromatic carbocycles. The zero-order valence-electron chi connectivity index (χ0n) is 26.7. The summed E-state index contributed by atoms with van der Waals surface area (Å²) in [6, 6.07) is 9.44. The summed E-state index contributed by atoms with van der Waals surface area (Å²) in [5, 5.41) is 8.15. The number of ether oxygens (including phenoxy) is 2. The molecule has 2 aromatic rings. The fourth-order valence-corrected chi connectivity index (χ4v) is 7.05. The Hall–Kier alpha value is -4.84. The number of piperidine rings is 1. The topological polar surface area (TPSA) is 160 Å². The molecule has 1 saturated heterocycles. The second kappa shape index (κ2) is 12.7. The number of aryl methyl sites for hydroxylation is 2. The van der Waals surface area contributed by atoms with Crippen LogP contribution in [0.2, 0.25) is 0 Å². The van der Waals surface area contributed by atoms with Gasteiger partial charge in [0.05, 0.1) is 40.6 Å². The minimum Gasteiger partial charge on any atom is -0.495 e. The Kier molecular flexibility index (Phi) is 8.71. The van der Waals surface area contributed by atoms with Crippen LogP contribution in [0.25, 0.3) is 5.57 Å². The Morgan fingerprint density at radius 3 is 2.49 bits per heavy atom. The van der Waals surface area contributed by atoms with Crippen LogP contribution in [0.3, 0.4) is 0 Å². The summed E-state index contributed by atoms with van der Waals surface area (Å²) in [7, 11) is 1.70. The summed E-state index contributed by atoms with van der Waals surface area (Å²) in [6.45, 7) is 4.12. The number of imide groups is 2. The number of hydrogen-bond donors (Lipinski definition) is 3. The number of carbonyl (C=O) groups excluding carboxylic acids is 6. The van der Waals surface area contributed by atoms with Crippen LogP contribution >= 0.6 is 0 Å². The molecule has 246 valence electrons. The maximum absolute atomic E-state index is 13.5. The lowest BCUT2D eigenvalue weighted by molar-refractivity contribution is -0.136. The van der Waals surface area contributed by atoms with Crippen molar-refractivity contribution in [3.8, 4) is 0 Å². The number of hydrogen-bond acceptors (Lipinski definition) is 8. The Labute approximate surface area is 272 Å². The maximum atomic E-state index is 13.5. The highest BCUT2D eigenvalue weighted by Gasteiger charge is 2.49. The van der Waals surface area contributed by atoms with Gasteiger partial charge in [-0.2, -0.15) is 0 Å². The molecule has 0 aromatic heterocycles. The minimum atomic E-state index is -1.10. The van der Waals surface area contributed by atoms with E-state index in [4.69, 9.17) is 9.47 Å². The van der Waals surface area contributed by atoms with E-state index in [1.807, 2.05) is 32.0 Å². The molecule has 47 heavy (non-hydrogen) atoms. The lowest BCUT2D eigenvalue weighted by Crippen LogP contribution is -2.54. The molecule has 3 heterocycles. The summed E-state index contributed by atoms with van der Waals surface area (Å²) in [4.78, 5) is 78.0. The number of benzene rings is 2. The highest BCUT2D eigenvalue weighted by molar-refractivity contribution is 6.26. The Morgan fingerprint density at radius 2 is 1.77 bits per heavy atom. The van der Waals surface area contributed by atoms with E-state index < -0.39 is 35.2 Å². The lowest BCUT2D eigenvalue weighted by atomic mass is 9.79. The molecule has 6 rings (SSSR count). The number of anilines is 1. The summed E-state index contributed by atoms with van der Waals surface area (Å²) in [5.74, 6) is -2.47. The number of carbonyl (C=O) groups is 6. The van der Waals surface area contributed by atoms with Gasteiger partial charge in [0.2, 0.25) is 17.7 Å². The van der Waals surface area contributed by atoms with Crippen LogP contribution in [0.15, 0.2) is 42.2 Å². The van der Waals surface area contributed by atoms with Crippen LogP contribution in [-0.2, 0) is 28.7 Å². The van der Waals surface area contributed by atoms with Crippen LogP contribution in [0.4, 0.5) is 5.69 Å². The zero-order valence-corrected chi connectivity index (χ0v) is 26.7. The number of nitrogens with one attached hydrogen (secondary N) is 3. The van der Waals surface area contributed by atoms with Gasteiger partial charge in [-0.05, 0) is 75.6 Å². The first-order chi connectivity index (χ1) is 22.5. The van der Waals surface area contributed by atoms with Crippen molar-refractivity contribution in [3.63, 3.8) is 0 Å². The molecule has 1 saturated carbocycles. The van der Waals surface area contributed by atoms with E-state index in [0.29, 0.717) is 30.6 Å². The van der Waals surface area contributed by atoms with E-state index >= 15 is 0 Å². The first-order valence-corrected chi connectivity index (χ1v) is 16.0. The number of nitrogens with zero attached hydrogens (tertiary/aromatic N) is 1. The Balaban J connectivity index is 1.15. The van der Waals surface area contributed by atoms with Crippen LogP contribution in [-0.4, -0.2) is 71.7 Å². The van der Waals surface area contributed by atoms with Gasteiger partial charge in [-0.15, -0.1) is 0 Å². The summed E-state index contributed by atoms with van der Waals surface area (Å²) in [6.07, 6.45) is 3.42. The van der Waals surface area contributed by atoms with Crippen molar-refractivity contribution in [1.29, 1.82) is 0 Å². The fourth-order valence-electron chi connectivity index (χ4n) is 7.05.